The smallest absolute Gasteiger partial charge is 0.477 e. The highest BCUT2D eigenvalue weighted by Crippen LogP contribution is 2.40. The first-order valence-electron chi connectivity index (χ1n) is 8.69. The number of carbonyl (C=O) groups is 4. The number of carboxylic acids is 2. The van der Waals surface area contributed by atoms with Gasteiger partial charge in [0.05, 0.1) is 0 Å². The molecule has 2 atom stereocenters. The topological polar surface area (TPSA) is 167 Å². The van der Waals surface area contributed by atoms with E-state index in [9.17, 15) is 32.7 Å². The molecule has 4 N–H and O–H groups in total. The fourth-order valence-corrected chi connectivity index (χ4v) is 4.91. The van der Waals surface area contributed by atoms with Gasteiger partial charge in [0.15, 0.2) is 0 Å². The maximum Gasteiger partial charge on any atom is 0.490 e. The van der Waals surface area contributed by atoms with E-state index in [4.69, 9.17) is 15.6 Å². The summed E-state index contributed by atoms with van der Waals surface area (Å²) < 4.78 is 31.7. The van der Waals surface area contributed by atoms with Crippen LogP contribution in [0.5, 0.6) is 0 Å². The van der Waals surface area contributed by atoms with E-state index >= 15 is 0 Å². The van der Waals surface area contributed by atoms with Crippen LogP contribution in [0.25, 0.3) is 0 Å². The number of alkyl halides is 3. The van der Waals surface area contributed by atoms with Crippen LogP contribution in [-0.4, -0.2) is 79.0 Å². The Morgan fingerprint density at radius 1 is 1.28 bits per heavy atom. The van der Waals surface area contributed by atoms with Crippen molar-refractivity contribution in [3.63, 3.8) is 0 Å². The minimum absolute atomic E-state index is 0.0786. The molecule has 0 bridgehead atoms. The molecule has 16 heteroatoms. The number of fused-ring (bicyclic) bond motifs is 1. The molecule has 2 saturated heterocycles. The SMILES string of the molecule is N[C@@H]1C(=O)N2C(C(=O)O)=C(/C=C3\CCN(c4nncs4)C3=O)CS[C@H]12.O=C(O)C(F)(F)F. The van der Waals surface area contributed by atoms with Gasteiger partial charge in [0, 0.05) is 17.9 Å². The number of amides is 2. The Hall–Kier alpha value is -2.98. The van der Waals surface area contributed by atoms with Gasteiger partial charge in [-0.3, -0.25) is 19.4 Å². The zero-order valence-corrected chi connectivity index (χ0v) is 17.4. The highest BCUT2D eigenvalue weighted by Gasteiger charge is 2.51. The largest absolute Gasteiger partial charge is 0.490 e. The van der Waals surface area contributed by atoms with Crippen molar-refractivity contribution < 1.29 is 42.6 Å². The summed E-state index contributed by atoms with van der Waals surface area (Å²) in [7, 11) is 0. The van der Waals surface area contributed by atoms with Crippen molar-refractivity contribution in [1.82, 2.24) is 15.1 Å². The monoisotopic (exact) mass is 493 g/mol. The molecule has 0 aromatic carbocycles. The molecule has 0 unspecified atom stereocenters. The summed E-state index contributed by atoms with van der Waals surface area (Å²) in [4.78, 5) is 47.8. The fourth-order valence-electron chi connectivity index (χ4n) is 3.08. The van der Waals surface area contributed by atoms with Gasteiger partial charge in [0.25, 0.3) is 5.91 Å². The lowest BCUT2D eigenvalue weighted by Gasteiger charge is -2.47. The number of carboxylic acid groups (broad SMARTS) is 2. The minimum Gasteiger partial charge on any atom is -0.477 e. The summed E-state index contributed by atoms with van der Waals surface area (Å²) >= 11 is 2.67. The van der Waals surface area contributed by atoms with E-state index in [0.29, 0.717) is 35.0 Å². The van der Waals surface area contributed by atoms with Gasteiger partial charge in [-0.05, 0) is 18.1 Å². The first kappa shape index (κ1) is 23.7. The van der Waals surface area contributed by atoms with Gasteiger partial charge in [-0.25, -0.2) is 9.59 Å². The Balaban J connectivity index is 0.000000360. The molecule has 11 nitrogen and oxygen atoms in total. The van der Waals surface area contributed by atoms with Crippen molar-refractivity contribution in [3.8, 4) is 0 Å². The lowest BCUT2D eigenvalue weighted by atomic mass is 10.0. The molecule has 0 aliphatic carbocycles. The second-order valence-corrected chi connectivity index (χ2v) is 8.43. The number of aliphatic carboxylic acids is 2. The van der Waals surface area contributed by atoms with Crippen molar-refractivity contribution in [3.05, 3.63) is 28.4 Å². The van der Waals surface area contributed by atoms with Crippen LogP contribution in [-0.2, 0) is 19.2 Å². The van der Waals surface area contributed by atoms with Gasteiger partial charge in [-0.2, -0.15) is 13.2 Å². The molecule has 2 amide bonds. The van der Waals surface area contributed by atoms with Gasteiger partial charge in [0.2, 0.25) is 11.0 Å². The van der Waals surface area contributed by atoms with Gasteiger partial charge < -0.3 is 15.9 Å². The Labute approximate surface area is 185 Å². The standard InChI is InChI=1S/C14H13N5O4S2.C2HF3O2/c15-8-11(21)19-9(13(22)23)7(4-24-12(8)19)3-6-1-2-18(10(6)20)14-17-16-5-25-14;3-2(4,5)1(6)7/h3,5,8,12H,1-2,4,15H2,(H,22,23);(H,6,7)/b6-3+;/t8-,12-;/m1./s1. The number of nitrogens with zero attached hydrogens (tertiary/aromatic N) is 4. The lowest BCUT2D eigenvalue weighted by Crippen LogP contribution is -2.68. The highest BCUT2D eigenvalue weighted by atomic mass is 32.2. The van der Waals surface area contributed by atoms with Crippen LogP contribution in [0.15, 0.2) is 28.4 Å². The second kappa shape index (κ2) is 8.87. The number of thioether (sulfide) groups is 1. The normalized spacial score (nSPS) is 24.2. The van der Waals surface area contributed by atoms with E-state index in [2.05, 4.69) is 10.2 Å². The molecule has 172 valence electrons. The highest BCUT2D eigenvalue weighted by molar-refractivity contribution is 8.00. The number of carbonyl (C=O) groups excluding carboxylic acids is 2. The zero-order valence-electron chi connectivity index (χ0n) is 15.8. The van der Waals surface area contributed by atoms with E-state index in [0.717, 1.165) is 0 Å². The number of hydrogen-bond acceptors (Lipinski definition) is 9. The molecule has 3 aliphatic rings. The van der Waals surface area contributed by atoms with Crippen molar-refractivity contribution in [2.45, 2.75) is 24.0 Å². The first-order chi connectivity index (χ1) is 14.9. The van der Waals surface area contributed by atoms with E-state index in [1.807, 2.05) is 0 Å². The van der Waals surface area contributed by atoms with Crippen molar-refractivity contribution in [1.29, 1.82) is 0 Å². The number of halogens is 3. The number of nitrogens with two attached hydrogens (primary N) is 1. The van der Waals surface area contributed by atoms with Gasteiger partial charge >= 0.3 is 18.1 Å². The quantitative estimate of drug-likeness (QED) is 0.396. The molecule has 1 aromatic heterocycles. The molecule has 4 rings (SSSR count). The first-order valence-corrected chi connectivity index (χ1v) is 10.6. The molecular weight excluding hydrogens is 479 g/mol. The molecule has 4 heterocycles. The number of anilines is 1. The van der Waals surface area contributed by atoms with Gasteiger partial charge in [-0.15, -0.1) is 22.0 Å². The van der Waals surface area contributed by atoms with E-state index in [1.54, 1.807) is 11.6 Å². The minimum atomic E-state index is -5.08. The molecular formula is C16H14F3N5O6S2. The number of aromatic nitrogens is 2. The Kier molecular flexibility index (Phi) is 6.56. The molecule has 2 fully saturated rings. The number of β-lactam (4-membered cyclic amide) rings is 1. The van der Waals surface area contributed by atoms with E-state index in [-0.39, 0.29) is 17.0 Å². The predicted octanol–water partition coefficient (Wildman–Crippen LogP) is 0.416. The average molecular weight is 493 g/mol. The lowest BCUT2D eigenvalue weighted by molar-refractivity contribution is -0.192. The van der Waals surface area contributed by atoms with Gasteiger partial charge in [-0.1, -0.05) is 11.3 Å². The average Bonchev–Trinajstić information content (AvgIpc) is 3.37. The maximum absolute atomic E-state index is 12.5. The van der Waals surface area contributed by atoms with Crippen LogP contribution in [0.2, 0.25) is 0 Å². The Bertz CT molecular complexity index is 1030. The molecule has 0 saturated carbocycles. The summed E-state index contributed by atoms with van der Waals surface area (Å²) in [5.74, 6) is -4.18. The van der Waals surface area contributed by atoms with Crippen LogP contribution in [0.1, 0.15) is 6.42 Å². The molecule has 3 aliphatic heterocycles. The number of hydrogen-bond donors (Lipinski definition) is 3. The third-order valence-electron chi connectivity index (χ3n) is 4.54. The summed E-state index contributed by atoms with van der Waals surface area (Å²) in [6, 6.07) is -0.672. The van der Waals surface area contributed by atoms with E-state index < -0.39 is 30.1 Å². The van der Waals surface area contributed by atoms with Crippen LogP contribution in [0.4, 0.5) is 18.3 Å². The molecule has 1 aromatic rings. The number of allylic oxidation sites excluding steroid dienone is 1. The molecule has 0 radical (unpaired) electrons. The molecule has 0 spiro atoms. The maximum atomic E-state index is 12.5. The Morgan fingerprint density at radius 2 is 1.94 bits per heavy atom. The van der Waals surface area contributed by atoms with Crippen LogP contribution < -0.4 is 10.6 Å². The van der Waals surface area contributed by atoms with Crippen LogP contribution >= 0.6 is 23.1 Å². The molecule has 32 heavy (non-hydrogen) atoms. The van der Waals surface area contributed by atoms with Crippen molar-refractivity contribution >= 4 is 52.0 Å². The predicted molar refractivity (Wildman–Crippen MR) is 104 cm³/mol. The number of rotatable bonds is 3. The second-order valence-electron chi connectivity index (χ2n) is 6.52. The summed E-state index contributed by atoms with van der Waals surface area (Å²) in [6.45, 7) is 0.471. The summed E-state index contributed by atoms with van der Waals surface area (Å²) in [5, 5.41) is 24.4. The van der Waals surface area contributed by atoms with Crippen molar-refractivity contribution in [2.75, 3.05) is 17.2 Å². The fraction of sp³-hybridized carbons (Fsp3) is 0.375. The van der Waals surface area contributed by atoms with Gasteiger partial charge in [0.1, 0.15) is 22.6 Å². The van der Waals surface area contributed by atoms with Crippen LogP contribution in [0, 0.1) is 0 Å². The summed E-state index contributed by atoms with van der Waals surface area (Å²) in [5.41, 5.74) is 8.15. The Morgan fingerprint density at radius 3 is 2.47 bits per heavy atom. The third-order valence-corrected chi connectivity index (χ3v) is 6.57. The van der Waals surface area contributed by atoms with E-state index in [1.165, 1.54) is 32.9 Å². The zero-order chi connectivity index (χ0) is 23.8. The summed E-state index contributed by atoms with van der Waals surface area (Å²) in [6.07, 6.45) is -3.01. The van der Waals surface area contributed by atoms with Crippen molar-refractivity contribution in [2.24, 2.45) is 5.73 Å². The van der Waals surface area contributed by atoms with Crippen LogP contribution in [0.3, 0.4) is 0 Å². The third kappa shape index (κ3) is 4.46.